The van der Waals surface area contributed by atoms with Crippen molar-refractivity contribution >= 4 is 22.8 Å². The van der Waals surface area contributed by atoms with E-state index in [-0.39, 0.29) is 28.4 Å². The molecule has 1 aliphatic heterocycles. The van der Waals surface area contributed by atoms with E-state index in [9.17, 15) is 14.4 Å². The summed E-state index contributed by atoms with van der Waals surface area (Å²) in [5.41, 5.74) is 7.87. The largest absolute Gasteiger partial charge is 0.369 e. The van der Waals surface area contributed by atoms with Crippen LogP contribution in [0.5, 0.6) is 0 Å². The highest BCUT2D eigenvalue weighted by molar-refractivity contribution is 5.97. The molecule has 1 spiro atoms. The fourth-order valence-corrected chi connectivity index (χ4v) is 4.82. The lowest BCUT2D eigenvalue weighted by Crippen LogP contribution is -2.45. The van der Waals surface area contributed by atoms with Gasteiger partial charge in [0, 0.05) is 36.7 Å². The fourth-order valence-electron chi connectivity index (χ4n) is 4.82. The van der Waals surface area contributed by atoms with Gasteiger partial charge in [-0.2, -0.15) is 0 Å². The van der Waals surface area contributed by atoms with Crippen LogP contribution in [0.25, 0.3) is 10.9 Å². The Morgan fingerprint density at radius 3 is 2.73 bits per heavy atom. The second kappa shape index (κ2) is 6.51. The number of aromatic amines is 1. The van der Waals surface area contributed by atoms with Gasteiger partial charge in [-0.3, -0.25) is 19.4 Å². The number of aryl methyl sites for hydroxylation is 1. The zero-order chi connectivity index (χ0) is 21.0. The van der Waals surface area contributed by atoms with Crippen LogP contribution in [0, 0.1) is 0 Å². The summed E-state index contributed by atoms with van der Waals surface area (Å²) in [4.78, 5) is 50.6. The summed E-state index contributed by atoms with van der Waals surface area (Å²) in [6.07, 6.45) is 4.49. The van der Waals surface area contributed by atoms with Crippen molar-refractivity contribution in [1.82, 2.24) is 24.4 Å². The molecular weight excluding hydrogens is 384 g/mol. The number of benzene rings is 1. The average molecular weight is 406 g/mol. The number of amides is 1. The standard InChI is InChI=1S/C21H22N6O3/c1-26-11-23-15-10-12(2-3-13(15)19(26)30)18(29)27-8-6-21(7-9-27)5-4-14-16(21)24-20(22)25-17(14)28/h2-3,10-11H,4-9H2,1H3,(H3,22,24,25,28). The maximum absolute atomic E-state index is 13.1. The first kappa shape index (κ1) is 18.5. The smallest absolute Gasteiger partial charge is 0.260 e. The highest BCUT2D eigenvalue weighted by atomic mass is 16.2. The van der Waals surface area contributed by atoms with E-state index in [0.717, 1.165) is 30.5 Å². The van der Waals surface area contributed by atoms with Gasteiger partial charge >= 0.3 is 0 Å². The summed E-state index contributed by atoms with van der Waals surface area (Å²) in [5.74, 6) is 0.0687. The van der Waals surface area contributed by atoms with Crippen LogP contribution in [-0.4, -0.2) is 43.4 Å². The van der Waals surface area contributed by atoms with Gasteiger partial charge in [0.2, 0.25) is 5.95 Å². The maximum Gasteiger partial charge on any atom is 0.260 e. The molecule has 1 fully saturated rings. The number of nitrogens with one attached hydrogen (secondary N) is 1. The normalized spacial score (nSPS) is 17.4. The lowest BCUT2D eigenvalue weighted by Gasteiger charge is -2.39. The first-order valence-electron chi connectivity index (χ1n) is 10.0. The van der Waals surface area contributed by atoms with Gasteiger partial charge in [-0.1, -0.05) is 0 Å². The molecule has 0 bridgehead atoms. The van der Waals surface area contributed by atoms with Gasteiger partial charge in [0.25, 0.3) is 17.0 Å². The molecule has 9 nitrogen and oxygen atoms in total. The molecule has 3 aromatic rings. The first-order valence-corrected chi connectivity index (χ1v) is 10.0. The van der Waals surface area contributed by atoms with Crippen LogP contribution in [0.3, 0.4) is 0 Å². The molecule has 1 amide bonds. The summed E-state index contributed by atoms with van der Waals surface area (Å²) >= 11 is 0. The van der Waals surface area contributed by atoms with Crippen molar-refractivity contribution in [2.24, 2.45) is 7.05 Å². The molecular formula is C21H22N6O3. The zero-order valence-electron chi connectivity index (χ0n) is 16.6. The summed E-state index contributed by atoms with van der Waals surface area (Å²) in [7, 11) is 1.65. The molecule has 154 valence electrons. The number of rotatable bonds is 1. The van der Waals surface area contributed by atoms with Gasteiger partial charge in [-0.25, -0.2) is 9.97 Å². The van der Waals surface area contributed by atoms with Gasteiger partial charge < -0.3 is 15.2 Å². The highest BCUT2D eigenvalue weighted by Crippen LogP contribution is 2.44. The predicted octanol–water partition coefficient (Wildman–Crippen LogP) is 0.719. The minimum atomic E-state index is -0.189. The molecule has 1 aliphatic carbocycles. The molecule has 9 heteroatoms. The lowest BCUT2D eigenvalue weighted by molar-refractivity contribution is 0.0663. The summed E-state index contributed by atoms with van der Waals surface area (Å²) in [5, 5.41) is 0.491. The predicted molar refractivity (Wildman–Crippen MR) is 111 cm³/mol. The maximum atomic E-state index is 13.1. The van der Waals surface area contributed by atoms with Crippen molar-refractivity contribution in [2.75, 3.05) is 18.8 Å². The number of carbonyl (C=O) groups is 1. The van der Waals surface area contributed by atoms with Crippen molar-refractivity contribution in [1.29, 1.82) is 0 Å². The molecule has 3 N–H and O–H groups in total. The Morgan fingerprint density at radius 2 is 1.97 bits per heavy atom. The summed E-state index contributed by atoms with van der Waals surface area (Å²) < 4.78 is 1.42. The minimum Gasteiger partial charge on any atom is -0.369 e. The topological polar surface area (TPSA) is 127 Å². The SMILES string of the molecule is Cn1cnc2cc(C(=O)N3CCC4(CCc5c4nc(N)[nH]c5=O)CC3)ccc2c1=O. The number of carbonyl (C=O) groups excluding carboxylic acids is 1. The molecule has 2 aromatic heterocycles. The number of hydrogen-bond donors (Lipinski definition) is 2. The van der Waals surface area contributed by atoms with Gasteiger partial charge in [0.15, 0.2) is 0 Å². The van der Waals surface area contributed by atoms with E-state index in [4.69, 9.17) is 5.73 Å². The molecule has 30 heavy (non-hydrogen) atoms. The van der Waals surface area contributed by atoms with Crippen molar-refractivity contribution in [3.8, 4) is 0 Å². The van der Waals surface area contributed by atoms with Crippen LogP contribution in [0.15, 0.2) is 34.1 Å². The van der Waals surface area contributed by atoms with Crippen molar-refractivity contribution in [3.05, 3.63) is 62.1 Å². The highest BCUT2D eigenvalue weighted by Gasteiger charge is 2.44. The van der Waals surface area contributed by atoms with Gasteiger partial charge in [0.1, 0.15) is 0 Å². The molecule has 0 atom stereocenters. The van der Waals surface area contributed by atoms with Gasteiger partial charge in [-0.15, -0.1) is 0 Å². The molecule has 0 radical (unpaired) electrons. The second-order valence-corrected chi connectivity index (χ2v) is 8.24. The summed E-state index contributed by atoms with van der Waals surface area (Å²) in [6.45, 7) is 1.16. The number of hydrogen-bond acceptors (Lipinski definition) is 6. The number of likely N-dealkylation sites (tertiary alicyclic amines) is 1. The number of H-pyrrole nitrogens is 1. The first-order chi connectivity index (χ1) is 14.4. The van der Waals surface area contributed by atoms with Crippen LogP contribution in [-0.2, 0) is 18.9 Å². The quantitative estimate of drug-likeness (QED) is 0.613. The monoisotopic (exact) mass is 406 g/mol. The Morgan fingerprint density at radius 1 is 1.20 bits per heavy atom. The Kier molecular flexibility index (Phi) is 4.02. The molecule has 0 unspecified atom stereocenters. The number of aromatic nitrogens is 4. The Labute approximate surface area is 171 Å². The molecule has 5 rings (SSSR count). The van der Waals surface area contributed by atoms with E-state index >= 15 is 0 Å². The lowest BCUT2D eigenvalue weighted by atomic mass is 9.76. The van der Waals surface area contributed by atoms with E-state index in [1.807, 2.05) is 4.90 Å². The van der Waals surface area contributed by atoms with Crippen LogP contribution in [0.2, 0.25) is 0 Å². The average Bonchev–Trinajstić information content (AvgIpc) is 3.09. The third kappa shape index (κ3) is 2.72. The summed E-state index contributed by atoms with van der Waals surface area (Å²) in [6, 6.07) is 5.02. The number of fused-ring (bicyclic) bond motifs is 3. The third-order valence-corrected chi connectivity index (χ3v) is 6.56. The third-order valence-electron chi connectivity index (χ3n) is 6.56. The Hall–Kier alpha value is -3.49. The number of anilines is 1. The van der Waals surface area contributed by atoms with Crippen LogP contribution < -0.4 is 16.9 Å². The van der Waals surface area contributed by atoms with Crippen molar-refractivity contribution in [2.45, 2.75) is 31.1 Å². The van der Waals surface area contributed by atoms with Crippen LogP contribution in [0.1, 0.15) is 40.9 Å². The van der Waals surface area contributed by atoms with Crippen molar-refractivity contribution in [3.63, 3.8) is 0 Å². The number of piperidine rings is 1. The van der Waals surface area contributed by atoms with Gasteiger partial charge in [-0.05, 0) is 43.9 Å². The van der Waals surface area contributed by atoms with Crippen LogP contribution >= 0.6 is 0 Å². The molecule has 3 heterocycles. The van der Waals surface area contributed by atoms with E-state index < -0.39 is 0 Å². The molecule has 1 saturated heterocycles. The van der Waals surface area contributed by atoms with Crippen LogP contribution in [0.4, 0.5) is 5.95 Å². The minimum absolute atomic E-state index is 0.0779. The fraction of sp³-hybridized carbons (Fsp3) is 0.381. The van der Waals surface area contributed by atoms with E-state index in [0.29, 0.717) is 36.0 Å². The molecule has 2 aliphatic rings. The zero-order valence-corrected chi connectivity index (χ0v) is 16.6. The Balaban J connectivity index is 1.39. The number of nitrogen functional groups attached to an aromatic ring is 1. The Bertz CT molecular complexity index is 1300. The van der Waals surface area contributed by atoms with E-state index in [2.05, 4.69) is 15.0 Å². The second-order valence-electron chi connectivity index (χ2n) is 8.24. The van der Waals surface area contributed by atoms with E-state index in [1.54, 1.807) is 25.2 Å². The van der Waals surface area contributed by atoms with Crippen molar-refractivity contribution < 1.29 is 4.79 Å². The molecule has 0 saturated carbocycles. The van der Waals surface area contributed by atoms with Gasteiger partial charge in [0.05, 0.1) is 22.9 Å². The van der Waals surface area contributed by atoms with E-state index in [1.165, 1.54) is 10.9 Å². The molecule has 1 aromatic carbocycles. The number of nitrogens with two attached hydrogens (primary N) is 1. The number of nitrogens with zero attached hydrogens (tertiary/aromatic N) is 4.